The summed E-state index contributed by atoms with van der Waals surface area (Å²) in [4.78, 5) is 0. The van der Waals surface area contributed by atoms with Crippen molar-refractivity contribution in [2.75, 3.05) is 0 Å². The second-order valence-electron chi connectivity index (χ2n) is 4.00. The first-order valence-electron chi connectivity index (χ1n) is 5.88. The van der Waals surface area contributed by atoms with Crippen LogP contribution in [0.3, 0.4) is 0 Å². The van der Waals surface area contributed by atoms with Gasteiger partial charge in [0.05, 0.1) is 6.10 Å². The highest BCUT2D eigenvalue weighted by Crippen LogP contribution is 2.22. The molecule has 1 aromatic heterocycles. The Morgan fingerprint density at radius 2 is 2.00 bits per heavy atom. The summed E-state index contributed by atoms with van der Waals surface area (Å²) < 4.78 is 11.1. The van der Waals surface area contributed by atoms with Crippen molar-refractivity contribution < 1.29 is 9.15 Å². The quantitative estimate of drug-likeness (QED) is 0.775. The smallest absolute Gasteiger partial charge is 0.247 e. The van der Waals surface area contributed by atoms with Crippen LogP contribution in [-0.4, -0.2) is 16.3 Å². The molecule has 5 heteroatoms. The molecular formula is C13H15ClN2O2. The lowest BCUT2D eigenvalue weighted by Crippen LogP contribution is -2.09. The maximum absolute atomic E-state index is 5.69. The van der Waals surface area contributed by atoms with Crippen molar-refractivity contribution in [3.8, 4) is 17.2 Å². The Balaban J connectivity index is 2.11. The normalized spacial score (nSPS) is 12.4. The number of halogens is 1. The van der Waals surface area contributed by atoms with E-state index in [4.69, 9.17) is 20.8 Å². The average molecular weight is 267 g/mol. The number of rotatable bonds is 5. The van der Waals surface area contributed by atoms with Crippen molar-refractivity contribution in [3.63, 3.8) is 0 Å². The van der Waals surface area contributed by atoms with E-state index in [1.165, 1.54) is 0 Å². The Morgan fingerprint density at radius 3 is 2.56 bits per heavy atom. The maximum Gasteiger partial charge on any atom is 0.247 e. The minimum atomic E-state index is 0.210. The zero-order chi connectivity index (χ0) is 13.0. The van der Waals surface area contributed by atoms with Crippen LogP contribution in [0.5, 0.6) is 5.75 Å². The van der Waals surface area contributed by atoms with Crippen molar-refractivity contribution in [2.24, 2.45) is 0 Å². The highest BCUT2D eigenvalue weighted by molar-refractivity contribution is 6.16. The third-order valence-corrected chi connectivity index (χ3v) is 2.82. The molecule has 0 saturated carbocycles. The highest BCUT2D eigenvalue weighted by Gasteiger charge is 2.08. The van der Waals surface area contributed by atoms with Crippen molar-refractivity contribution in [2.45, 2.75) is 32.3 Å². The average Bonchev–Trinajstić information content (AvgIpc) is 2.88. The second kappa shape index (κ2) is 5.87. The Bertz CT molecular complexity index is 496. The summed E-state index contributed by atoms with van der Waals surface area (Å²) in [5, 5.41) is 7.74. The van der Waals surface area contributed by atoms with Crippen LogP contribution >= 0.6 is 11.6 Å². The van der Waals surface area contributed by atoms with Gasteiger partial charge in [-0.15, -0.1) is 21.8 Å². The van der Waals surface area contributed by atoms with Crippen LogP contribution < -0.4 is 4.74 Å². The standard InChI is InChI=1S/C13H15ClN2O2/c1-3-9(2)17-11-6-4-10(5-7-11)13-16-15-12(8-14)18-13/h4-7,9H,3,8H2,1-2H3. The molecule has 0 fully saturated rings. The first-order valence-corrected chi connectivity index (χ1v) is 6.41. The van der Waals surface area contributed by atoms with Crippen LogP contribution in [0.15, 0.2) is 28.7 Å². The number of nitrogens with zero attached hydrogens (tertiary/aromatic N) is 2. The number of ether oxygens (including phenoxy) is 1. The molecule has 1 unspecified atom stereocenters. The minimum absolute atomic E-state index is 0.210. The van der Waals surface area contributed by atoms with E-state index in [9.17, 15) is 0 Å². The fraction of sp³-hybridized carbons (Fsp3) is 0.385. The fourth-order valence-electron chi connectivity index (χ4n) is 1.42. The molecule has 2 aromatic rings. The largest absolute Gasteiger partial charge is 0.491 e. The monoisotopic (exact) mass is 266 g/mol. The number of alkyl halides is 1. The first-order chi connectivity index (χ1) is 8.72. The molecule has 0 spiro atoms. The zero-order valence-electron chi connectivity index (χ0n) is 10.4. The van der Waals surface area contributed by atoms with Crippen LogP contribution in [0.25, 0.3) is 11.5 Å². The summed E-state index contributed by atoms with van der Waals surface area (Å²) in [5.41, 5.74) is 0.857. The molecular weight excluding hydrogens is 252 g/mol. The molecule has 0 N–H and O–H groups in total. The first kappa shape index (κ1) is 12.9. The Hall–Kier alpha value is -1.55. The van der Waals surface area contributed by atoms with E-state index in [0.717, 1.165) is 17.7 Å². The number of hydrogen-bond acceptors (Lipinski definition) is 4. The minimum Gasteiger partial charge on any atom is -0.491 e. The van der Waals surface area contributed by atoms with Gasteiger partial charge in [0.2, 0.25) is 11.8 Å². The Morgan fingerprint density at radius 1 is 1.28 bits per heavy atom. The van der Waals surface area contributed by atoms with E-state index in [0.29, 0.717) is 11.8 Å². The van der Waals surface area contributed by atoms with Gasteiger partial charge in [-0.25, -0.2) is 0 Å². The van der Waals surface area contributed by atoms with Crippen molar-refractivity contribution in [3.05, 3.63) is 30.2 Å². The molecule has 0 aliphatic rings. The van der Waals surface area contributed by atoms with Gasteiger partial charge in [0, 0.05) is 5.56 Å². The van der Waals surface area contributed by atoms with E-state index < -0.39 is 0 Å². The lowest BCUT2D eigenvalue weighted by molar-refractivity contribution is 0.217. The highest BCUT2D eigenvalue weighted by atomic mass is 35.5. The van der Waals surface area contributed by atoms with Gasteiger partial charge in [-0.3, -0.25) is 0 Å². The number of aromatic nitrogens is 2. The molecule has 1 aromatic carbocycles. The summed E-state index contributed by atoms with van der Waals surface area (Å²) in [7, 11) is 0. The van der Waals surface area contributed by atoms with E-state index in [1.807, 2.05) is 31.2 Å². The topological polar surface area (TPSA) is 48.2 Å². The van der Waals surface area contributed by atoms with Crippen LogP contribution in [0.1, 0.15) is 26.2 Å². The summed E-state index contributed by atoms with van der Waals surface area (Å²) >= 11 is 5.61. The van der Waals surface area contributed by atoms with E-state index >= 15 is 0 Å². The molecule has 0 bridgehead atoms. The summed E-state index contributed by atoms with van der Waals surface area (Å²) in [6.07, 6.45) is 1.19. The predicted octanol–water partition coefficient (Wildman–Crippen LogP) is 3.65. The third kappa shape index (κ3) is 3.01. The van der Waals surface area contributed by atoms with Gasteiger partial charge in [-0.1, -0.05) is 6.92 Å². The van der Waals surface area contributed by atoms with Gasteiger partial charge >= 0.3 is 0 Å². The van der Waals surface area contributed by atoms with Crippen molar-refractivity contribution in [1.29, 1.82) is 0 Å². The lowest BCUT2D eigenvalue weighted by Gasteiger charge is -2.12. The van der Waals surface area contributed by atoms with Crippen LogP contribution in [0.2, 0.25) is 0 Å². The summed E-state index contributed by atoms with van der Waals surface area (Å²) in [6.45, 7) is 4.13. The third-order valence-electron chi connectivity index (χ3n) is 2.59. The lowest BCUT2D eigenvalue weighted by atomic mass is 10.2. The second-order valence-corrected chi connectivity index (χ2v) is 4.26. The summed E-state index contributed by atoms with van der Waals surface area (Å²) in [6, 6.07) is 7.57. The molecule has 0 aliphatic carbocycles. The molecule has 0 aliphatic heterocycles. The van der Waals surface area contributed by atoms with Crippen LogP contribution in [0.4, 0.5) is 0 Å². The van der Waals surface area contributed by atoms with Gasteiger partial charge in [0.25, 0.3) is 0 Å². The van der Waals surface area contributed by atoms with Gasteiger partial charge < -0.3 is 9.15 Å². The molecule has 4 nitrogen and oxygen atoms in total. The summed E-state index contributed by atoms with van der Waals surface area (Å²) in [5.74, 6) is 1.96. The molecule has 2 rings (SSSR count). The maximum atomic E-state index is 5.69. The SMILES string of the molecule is CCC(C)Oc1ccc(-c2nnc(CCl)o2)cc1. The van der Waals surface area contributed by atoms with Crippen molar-refractivity contribution in [1.82, 2.24) is 10.2 Å². The van der Waals surface area contributed by atoms with E-state index in [-0.39, 0.29) is 12.0 Å². The zero-order valence-corrected chi connectivity index (χ0v) is 11.1. The number of hydrogen-bond donors (Lipinski definition) is 0. The molecule has 1 atom stereocenters. The van der Waals surface area contributed by atoms with Crippen LogP contribution in [-0.2, 0) is 5.88 Å². The molecule has 18 heavy (non-hydrogen) atoms. The molecule has 1 heterocycles. The van der Waals surface area contributed by atoms with Gasteiger partial charge in [-0.05, 0) is 37.6 Å². The van der Waals surface area contributed by atoms with Crippen molar-refractivity contribution >= 4 is 11.6 Å². The molecule has 0 amide bonds. The van der Waals surface area contributed by atoms with Gasteiger partial charge in [-0.2, -0.15) is 0 Å². The van der Waals surface area contributed by atoms with Gasteiger partial charge in [0.15, 0.2) is 0 Å². The molecule has 96 valence electrons. The molecule has 0 radical (unpaired) electrons. The van der Waals surface area contributed by atoms with E-state index in [2.05, 4.69) is 17.1 Å². The van der Waals surface area contributed by atoms with Crippen LogP contribution in [0, 0.1) is 0 Å². The Labute approximate surface area is 111 Å². The number of benzene rings is 1. The Kier molecular flexibility index (Phi) is 4.20. The predicted molar refractivity (Wildman–Crippen MR) is 69.7 cm³/mol. The fourth-order valence-corrected chi connectivity index (χ4v) is 1.52. The molecule has 0 saturated heterocycles. The van der Waals surface area contributed by atoms with E-state index in [1.54, 1.807) is 0 Å². The van der Waals surface area contributed by atoms with Gasteiger partial charge in [0.1, 0.15) is 11.6 Å².